The van der Waals surface area contributed by atoms with Crippen LogP contribution in [0, 0.1) is 5.82 Å². The van der Waals surface area contributed by atoms with Gasteiger partial charge in [0.25, 0.3) is 0 Å². The molecule has 2 aromatic rings. The molecule has 3 nitrogen and oxygen atoms in total. The van der Waals surface area contributed by atoms with Gasteiger partial charge < -0.3 is 5.32 Å². The van der Waals surface area contributed by atoms with Crippen LogP contribution in [0.15, 0.2) is 48.5 Å². The molecule has 96 valence electrons. The summed E-state index contributed by atoms with van der Waals surface area (Å²) in [6.45, 7) is 0.922. The van der Waals surface area contributed by atoms with E-state index in [1.807, 2.05) is 24.3 Å². The van der Waals surface area contributed by atoms with E-state index in [0.29, 0.717) is 12.2 Å². The minimum absolute atomic E-state index is 0.0449. The zero-order chi connectivity index (χ0) is 13.2. The van der Waals surface area contributed by atoms with Gasteiger partial charge in [-0.05, 0) is 35.9 Å². The Morgan fingerprint density at radius 2 is 1.74 bits per heavy atom. The first-order valence-electron chi connectivity index (χ1n) is 6.13. The maximum Gasteiger partial charge on any atom is 0.245 e. The highest BCUT2D eigenvalue weighted by molar-refractivity contribution is 6.02. The van der Waals surface area contributed by atoms with Crippen molar-refractivity contribution in [1.82, 2.24) is 5.32 Å². The molecule has 0 atom stereocenters. The Labute approximate surface area is 110 Å². The van der Waals surface area contributed by atoms with E-state index in [0.717, 1.165) is 11.3 Å². The molecule has 0 aliphatic carbocycles. The molecule has 1 aliphatic heterocycles. The van der Waals surface area contributed by atoms with Gasteiger partial charge in [-0.3, -0.25) is 9.69 Å². The van der Waals surface area contributed by atoms with Gasteiger partial charge in [-0.1, -0.05) is 18.2 Å². The highest BCUT2D eigenvalue weighted by Gasteiger charge is 2.22. The van der Waals surface area contributed by atoms with E-state index in [9.17, 15) is 9.18 Å². The molecule has 0 unspecified atom stereocenters. The number of carbonyl (C=O) groups is 1. The van der Waals surface area contributed by atoms with Crippen LogP contribution in [0.2, 0.25) is 0 Å². The molecule has 0 fully saturated rings. The van der Waals surface area contributed by atoms with Gasteiger partial charge in [0.1, 0.15) is 5.82 Å². The van der Waals surface area contributed by atoms with Gasteiger partial charge in [-0.25, -0.2) is 4.39 Å². The molecule has 1 heterocycles. The van der Waals surface area contributed by atoms with Crippen molar-refractivity contribution in [3.63, 3.8) is 0 Å². The number of nitrogens with one attached hydrogen (secondary N) is 1. The summed E-state index contributed by atoms with van der Waals surface area (Å²) in [4.78, 5) is 13.9. The van der Waals surface area contributed by atoms with Gasteiger partial charge in [0.05, 0.1) is 12.2 Å². The van der Waals surface area contributed by atoms with E-state index in [1.54, 1.807) is 17.0 Å². The number of nitrogens with zero attached hydrogens (tertiary/aromatic N) is 1. The van der Waals surface area contributed by atoms with Crippen molar-refractivity contribution in [2.75, 3.05) is 11.4 Å². The molecule has 0 bridgehead atoms. The van der Waals surface area contributed by atoms with Crippen molar-refractivity contribution in [3.8, 4) is 0 Å². The minimum atomic E-state index is -0.308. The SMILES string of the molecule is O=C1CNCc2ccccc2N1c1ccc(F)cc1. The molecule has 0 spiro atoms. The van der Waals surface area contributed by atoms with Crippen LogP contribution in [-0.4, -0.2) is 12.5 Å². The normalized spacial score (nSPS) is 15.0. The summed E-state index contributed by atoms with van der Waals surface area (Å²) < 4.78 is 13.0. The maximum atomic E-state index is 13.0. The largest absolute Gasteiger partial charge is 0.304 e. The van der Waals surface area contributed by atoms with E-state index >= 15 is 0 Å². The Kier molecular flexibility index (Phi) is 3.01. The van der Waals surface area contributed by atoms with Gasteiger partial charge >= 0.3 is 0 Å². The van der Waals surface area contributed by atoms with E-state index in [-0.39, 0.29) is 18.3 Å². The molecular formula is C15H13FN2O. The fourth-order valence-electron chi connectivity index (χ4n) is 2.27. The number of hydrogen-bond donors (Lipinski definition) is 1. The van der Waals surface area contributed by atoms with Gasteiger partial charge in [0.15, 0.2) is 0 Å². The Morgan fingerprint density at radius 3 is 2.53 bits per heavy atom. The predicted octanol–water partition coefficient (Wildman–Crippen LogP) is 2.59. The Balaban J connectivity index is 2.12. The molecule has 0 saturated heterocycles. The molecule has 19 heavy (non-hydrogen) atoms. The Hall–Kier alpha value is -2.20. The summed E-state index contributed by atoms with van der Waals surface area (Å²) in [7, 11) is 0. The van der Waals surface area contributed by atoms with Gasteiger partial charge in [0, 0.05) is 12.2 Å². The van der Waals surface area contributed by atoms with E-state index < -0.39 is 0 Å². The summed E-state index contributed by atoms with van der Waals surface area (Å²) in [6.07, 6.45) is 0. The number of carbonyl (C=O) groups excluding carboxylic acids is 1. The van der Waals surface area contributed by atoms with Crippen LogP contribution in [0.5, 0.6) is 0 Å². The molecule has 1 N–H and O–H groups in total. The second kappa shape index (κ2) is 4.82. The first-order chi connectivity index (χ1) is 9.25. The molecule has 3 rings (SSSR count). The molecule has 0 saturated carbocycles. The standard InChI is InChI=1S/C15H13FN2O/c16-12-5-7-13(8-6-12)18-14-4-2-1-3-11(14)9-17-10-15(18)19/h1-8,17H,9-10H2. The molecule has 4 heteroatoms. The minimum Gasteiger partial charge on any atom is -0.304 e. The first-order valence-corrected chi connectivity index (χ1v) is 6.13. The summed E-state index contributed by atoms with van der Waals surface area (Å²) in [5, 5.41) is 3.10. The van der Waals surface area contributed by atoms with Crippen molar-refractivity contribution in [2.24, 2.45) is 0 Å². The molecule has 1 amide bonds. The summed E-state index contributed by atoms with van der Waals surface area (Å²) >= 11 is 0. The van der Waals surface area contributed by atoms with E-state index in [2.05, 4.69) is 5.32 Å². The summed E-state index contributed by atoms with van der Waals surface area (Å²) in [5.74, 6) is -0.353. The maximum absolute atomic E-state index is 13.0. The smallest absolute Gasteiger partial charge is 0.245 e. The zero-order valence-corrected chi connectivity index (χ0v) is 10.3. The van der Waals surface area contributed by atoms with Crippen molar-refractivity contribution in [2.45, 2.75) is 6.54 Å². The first kappa shape index (κ1) is 11.9. The number of anilines is 2. The number of hydrogen-bond acceptors (Lipinski definition) is 2. The highest BCUT2D eigenvalue weighted by Crippen LogP contribution is 2.30. The number of amides is 1. The number of halogens is 1. The lowest BCUT2D eigenvalue weighted by atomic mass is 10.1. The van der Waals surface area contributed by atoms with Gasteiger partial charge in [-0.15, -0.1) is 0 Å². The van der Waals surface area contributed by atoms with Gasteiger partial charge in [-0.2, -0.15) is 0 Å². The highest BCUT2D eigenvalue weighted by atomic mass is 19.1. The third-order valence-electron chi connectivity index (χ3n) is 3.16. The average molecular weight is 256 g/mol. The van der Waals surface area contributed by atoms with E-state index in [1.165, 1.54) is 12.1 Å². The number of fused-ring (bicyclic) bond motifs is 1. The summed E-state index contributed by atoms with van der Waals surface area (Å²) in [5.41, 5.74) is 2.59. The third-order valence-corrected chi connectivity index (χ3v) is 3.16. The van der Waals surface area contributed by atoms with Crippen LogP contribution in [0.3, 0.4) is 0 Å². The quantitative estimate of drug-likeness (QED) is 0.850. The van der Waals surface area contributed by atoms with Crippen LogP contribution in [-0.2, 0) is 11.3 Å². The van der Waals surface area contributed by atoms with Crippen LogP contribution < -0.4 is 10.2 Å². The predicted molar refractivity (Wildman–Crippen MR) is 71.7 cm³/mol. The van der Waals surface area contributed by atoms with Crippen molar-refractivity contribution >= 4 is 17.3 Å². The van der Waals surface area contributed by atoms with Gasteiger partial charge in [0.2, 0.25) is 5.91 Å². The third kappa shape index (κ3) is 2.22. The lowest BCUT2D eigenvalue weighted by molar-refractivity contribution is -0.117. The Bertz CT molecular complexity index is 610. The second-order valence-corrected chi connectivity index (χ2v) is 4.44. The fraction of sp³-hybridized carbons (Fsp3) is 0.133. The lowest BCUT2D eigenvalue weighted by Crippen LogP contribution is -2.31. The second-order valence-electron chi connectivity index (χ2n) is 4.44. The molecular weight excluding hydrogens is 243 g/mol. The fourth-order valence-corrected chi connectivity index (χ4v) is 2.27. The van der Waals surface area contributed by atoms with Crippen LogP contribution >= 0.6 is 0 Å². The lowest BCUT2D eigenvalue weighted by Gasteiger charge is -2.22. The number of benzene rings is 2. The molecule has 0 radical (unpaired) electrons. The van der Waals surface area contributed by atoms with Crippen molar-refractivity contribution in [1.29, 1.82) is 0 Å². The van der Waals surface area contributed by atoms with Crippen LogP contribution in [0.4, 0.5) is 15.8 Å². The molecule has 2 aromatic carbocycles. The summed E-state index contributed by atoms with van der Waals surface area (Å²) in [6, 6.07) is 13.7. The van der Waals surface area contributed by atoms with Crippen LogP contribution in [0.25, 0.3) is 0 Å². The Morgan fingerprint density at radius 1 is 1.00 bits per heavy atom. The zero-order valence-electron chi connectivity index (χ0n) is 10.3. The van der Waals surface area contributed by atoms with Crippen LogP contribution in [0.1, 0.15) is 5.56 Å². The van der Waals surface area contributed by atoms with Crippen molar-refractivity contribution < 1.29 is 9.18 Å². The average Bonchev–Trinajstić information content (AvgIpc) is 2.58. The van der Waals surface area contributed by atoms with E-state index in [4.69, 9.17) is 0 Å². The molecule has 0 aromatic heterocycles. The topological polar surface area (TPSA) is 32.3 Å². The van der Waals surface area contributed by atoms with Crippen molar-refractivity contribution in [3.05, 3.63) is 59.9 Å². The molecule has 1 aliphatic rings. The number of rotatable bonds is 1. The number of para-hydroxylation sites is 1. The monoisotopic (exact) mass is 256 g/mol.